The lowest BCUT2D eigenvalue weighted by atomic mass is 9.95. The van der Waals surface area contributed by atoms with Crippen molar-refractivity contribution >= 4 is 0 Å². The number of rotatable bonds is 3. The van der Waals surface area contributed by atoms with Gasteiger partial charge in [0.1, 0.15) is 11.5 Å². The van der Waals surface area contributed by atoms with Crippen LogP contribution in [-0.2, 0) is 12.8 Å². The number of hydrogen-bond acceptors (Lipinski definition) is 2. The topological polar surface area (TPSA) is 40.5 Å². The van der Waals surface area contributed by atoms with Crippen LogP contribution < -0.4 is 0 Å². The standard InChI is InChI=1S/C16H18O2/c1-3-11-8-12(10-13(17)9-11)15-6-5-7-16(18)14(15)4-2/h5-10,17-18H,3-4H2,1-2H3. The molecule has 0 aliphatic heterocycles. The van der Waals surface area contributed by atoms with Crippen LogP contribution in [0, 0.1) is 0 Å². The van der Waals surface area contributed by atoms with Crippen molar-refractivity contribution in [3.05, 3.63) is 47.5 Å². The second-order valence-electron chi connectivity index (χ2n) is 4.40. The molecule has 0 radical (unpaired) electrons. The third-order valence-corrected chi connectivity index (χ3v) is 3.20. The summed E-state index contributed by atoms with van der Waals surface area (Å²) in [7, 11) is 0. The molecule has 2 N–H and O–H groups in total. The third kappa shape index (κ3) is 2.33. The van der Waals surface area contributed by atoms with Crippen molar-refractivity contribution in [1.82, 2.24) is 0 Å². The van der Waals surface area contributed by atoms with Crippen molar-refractivity contribution in [2.45, 2.75) is 26.7 Å². The van der Waals surface area contributed by atoms with Crippen LogP contribution in [0.4, 0.5) is 0 Å². The first-order chi connectivity index (χ1) is 8.65. The van der Waals surface area contributed by atoms with Crippen LogP contribution >= 0.6 is 0 Å². The molecule has 0 saturated carbocycles. The first-order valence-electron chi connectivity index (χ1n) is 6.29. The van der Waals surface area contributed by atoms with E-state index in [1.165, 1.54) is 0 Å². The van der Waals surface area contributed by atoms with Gasteiger partial charge in [0.05, 0.1) is 0 Å². The van der Waals surface area contributed by atoms with Crippen LogP contribution in [-0.4, -0.2) is 10.2 Å². The van der Waals surface area contributed by atoms with Gasteiger partial charge in [-0.3, -0.25) is 0 Å². The van der Waals surface area contributed by atoms with Crippen molar-refractivity contribution in [3.8, 4) is 22.6 Å². The molecule has 0 amide bonds. The number of benzene rings is 2. The Morgan fingerprint density at radius 3 is 2.39 bits per heavy atom. The van der Waals surface area contributed by atoms with Crippen molar-refractivity contribution in [2.75, 3.05) is 0 Å². The van der Waals surface area contributed by atoms with Crippen molar-refractivity contribution in [3.63, 3.8) is 0 Å². The molecule has 18 heavy (non-hydrogen) atoms. The smallest absolute Gasteiger partial charge is 0.119 e. The highest BCUT2D eigenvalue weighted by atomic mass is 16.3. The molecule has 0 bridgehead atoms. The maximum atomic E-state index is 9.89. The summed E-state index contributed by atoms with van der Waals surface area (Å²) < 4.78 is 0. The average Bonchev–Trinajstić information content (AvgIpc) is 2.37. The second kappa shape index (κ2) is 5.13. The fraction of sp³-hybridized carbons (Fsp3) is 0.250. The zero-order valence-corrected chi connectivity index (χ0v) is 10.8. The number of phenolic OH excluding ortho intramolecular Hbond substituents is 2. The van der Waals surface area contributed by atoms with Gasteiger partial charge in [0, 0.05) is 5.56 Å². The minimum Gasteiger partial charge on any atom is -0.508 e. The van der Waals surface area contributed by atoms with Gasteiger partial charge in [-0.05, 0) is 47.7 Å². The van der Waals surface area contributed by atoms with Crippen molar-refractivity contribution in [1.29, 1.82) is 0 Å². The summed E-state index contributed by atoms with van der Waals surface area (Å²) >= 11 is 0. The zero-order chi connectivity index (χ0) is 13.1. The summed E-state index contributed by atoms with van der Waals surface area (Å²) in [5, 5.41) is 19.6. The van der Waals surface area contributed by atoms with Gasteiger partial charge in [-0.2, -0.15) is 0 Å². The summed E-state index contributed by atoms with van der Waals surface area (Å²) in [4.78, 5) is 0. The van der Waals surface area contributed by atoms with E-state index in [9.17, 15) is 10.2 Å². The number of phenols is 2. The van der Waals surface area contributed by atoms with E-state index in [-0.39, 0.29) is 5.75 Å². The molecule has 0 spiro atoms. The molecule has 2 heteroatoms. The first kappa shape index (κ1) is 12.5. The molecule has 0 aromatic heterocycles. The lowest BCUT2D eigenvalue weighted by molar-refractivity contribution is 0.469. The van der Waals surface area contributed by atoms with Gasteiger partial charge >= 0.3 is 0 Å². The summed E-state index contributed by atoms with van der Waals surface area (Å²) in [5.74, 6) is 0.589. The summed E-state index contributed by atoms with van der Waals surface area (Å²) in [6.45, 7) is 4.07. The number of hydrogen-bond donors (Lipinski definition) is 2. The molecule has 2 nitrogen and oxygen atoms in total. The van der Waals surface area contributed by atoms with Crippen LogP contribution in [0.3, 0.4) is 0 Å². The average molecular weight is 242 g/mol. The van der Waals surface area contributed by atoms with Gasteiger partial charge in [0.25, 0.3) is 0 Å². The molecule has 0 saturated heterocycles. The Morgan fingerprint density at radius 2 is 1.72 bits per heavy atom. The van der Waals surface area contributed by atoms with Crippen molar-refractivity contribution in [2.24, 2.45) is 0 Å². The SMILES string of the molecule is CCc1cc(O)cc(-c2cccc(O)c2CC)c1. The highest BCUT2D eigenvalue weighted by molar-refractivity contribution is 5.71. The molecule has 0 heterocycles. The van der Waals surface area contributed by atoms with Crippen LogP contribution in [0.2, 0.25) is 0 Å². The fourth-order valence-corrected chi connectivity index (χ4v) is 2.25. The van der Waals surface area contributed by atoms with E-state index < -0.39 is 0 Å². The largest absolute Gasteiger partial charge is 0.508 e. The summed E-state index contributed by atoms with van der Waals surface area (Å²) in [6, 6.07) is 11.1. The van der Waals surface area contributed by atoms with Crippen LogP contribution in [0.15, 0.2) is 36.4 Å². The minimum absolute atomic E-state index is 0.273. The molecule has 0 fully saturated rings. The highest BCUT2D eigenvalue weighted by Gasteiger charge is 2.09. The Bertz CT molecular complexity index is 559. The van der Waals surface area contributed by atoms with Gasteiger partial charge in [-0.25, -0.2) is 0 Å². The lowest BCUT2D eigenvalue weighted by Gasteiger charge is -2.11. The van der Waals surface area contributed by atoms with Gasteiger partial charge in [-0.15, -0.1) is 0 Å². The number of aryl methyl sites for hydroxylation is 1. The molecule has 0 aliphatic rings. The predicted octanol–water partition coefficient (Wildman–Crippen LogP) is 3.89. The predicted molar refractivity (Wildman–Crippen MR) is 74.0 cm³/mol. The zero-order valence-electron chi connectivity index (χ0n) is 10.8. The molecular weight excluding hydrogens is 224 g/mol. The monoisotopic (exact) mass is 242 g/mol. The van der Waals surface area contributed by atoms with Crippen LogP contribution in [0.5, 0.6) is 11.5 Å². The Kier molecular flexibility index (Phi) is 3.56. The van der Waals surface area contributed by atoms with E-state index in [1.807, 2.05) is 19.1 Å². The minimum atomic E-state index is 0.273. The molecule has 0 aliphatic carbocycles. The van der Waals surface area contributed by atoms with E-state index >= 15 is 0 Å². The van der Waals surface area contributed by atoms with E-state index in [4.69, 9.17) is 0 Å². The fourth-order valence-electron chi connectivity index (χ4n) is 2.25. The van der Waals surface area contributed by atoms with E-state index in [0.29, 0.717) is 5.75 Å². The lowest BCUT2D eigenvalue weighted by Crippen LogP contribution is -1.90. The van der Waals surface area contributed by atoms with Crippen LogP contribution in [0.1, 0.15) is 25.0 Å². The quantitative estimate of drug-likeness (QED) is 0.857. The first-order valence-corrected chi connectivity index (χ1v) is 6.29. The number of aromatic hydroxyl groups is 2. The van der Waals surface area contributed by atoms with Crippen LogP contribution in [0.25, 0.3) is 11.1 Å². The van der Waals surface area contributed by atoms with E-state index in [0.717, 1.165) is 35.1 Å². The van der Waals surface area contributed by atoms with Gasteiger partial charge in [0.15, 0.2) is 0 Å². The van der Waals surface area contributed by atoms with E-state index in [1.54, 1.807) is 18.2 Å². The normalized spacial score (nSPS) is 10.6. The van der Waals surface area contributed by atoms with Gasteiger partial charge in [-0.1, -0.05) is 32.0 Å². The third-order valence-electron chi connectivity index (χ3n) is 3.20. The van der Waals surface area contributed by atoms with Gasteiger partial charge < -0.3 is 10.2 Å². The summed E-state index contributed by atoms with van der Waals surface area (Å²) in [6.07, 6.45) is 1.64. The van der Waals surface area contributed by atoms with Crippen molar-refractivity contribution < 1.29 is 10.2 Å². The van der Waals surface area contributed by atoms with Gasteiger partial charge in [0.2, 0.25) is 0 Å². The Balaban J connectivity index is 2.61. The molecule has 0 atom stereocenters. The maximum absolute atomic E-state index is 9.89. The second-order valence-corrected chi connectivity index (χ2v) is 4.40. The molecule has 94 valence electrons. The molecule has 2 aromatic rings. The summed E-state index contributed by atoms with van der Waals surface area (Å²) in [5.41, 5.74) is 3.96. The Hall–Kier alpha value is -1.96. The maximum Gasteiger partial charge on any atom is 0.119 e. The molecule has 0 unspecified atom stereocenters. The van der Waals surface area contributed by atoms with E-state index in [2.05, 4.69) is 13.0 Å². The molecule has 2 rings (SSSR count). The molecule has 2 aromatic carbocycles. The molecular formula is C16H18O2. The highest BCUT2D eigenvalue weighted by Crippen LogP contribution is 2.33. The Labute approximate surface area is 108 Å². The Morgan fingerprint density at radius 1 is 0.944 bits per heavy atom.